The molecule has 27 heavy (non-hydrogen) atoms. The highest BCUT2D eigenvalue weighted by Gasteiger charge is 2.25. The molecule has 2 aromatic carbocycles. The standard InChI is InChI=1S/C23H26N2O2/c1-27-19-7-8-22-20(14-19)21(15-24-22)23(26)16-25-11-9-18(10-12-25)13-17-5-3-2-4-6-17/h2-8,14-15,18,24H,9-13,16H2,1H3/p+1. The van der Waals surface area contributed by atoms with Gasteiger partial charge in [-0.3, -0.25) is 4.79 Å². The number of Topliss-reactive ketones (excluding diaryl/α,β-unsaturated/α-hetero) is 1. The number of ether oxygens (including phenoxy) is 1. The second-order valence-electron chi connectivity index (χ2n) is 7.60. The fourth-order valence-electron chi connectivity index (χ4n) is 4.19. The number of carbonyl (C=O) groups excluding carboxylic acids is 1. The summed E-state index contributed by atoms with van der Waals surface area (Å²) in [5, 5.41) is 0.956. The molecule has 0 bridgehead atoms. The number of likely N-dealkylation sites (tertiary alicyclic amines) is 1. The molecule has 4 nitrogen and oxygen atoms in total. The molecule has 2 N–H and O–H groups in total. The number of rotatable bonds is 6. The molecule has 0 aliphatic carbocycles. The second-order valence-corrected chi connectivity index (χ2v) is 7.60. The van der Waals surface area contributed by atoms with Crippen LogP contribution in [0.2, 0.25) is 0 Å². The van der Waals surface area contributed by atoms with E-state index in [1.165, 1.54) is 23.3 Å². The number of aromatic nitrogens is 1. The van der Waals surface area contributed by atoms with Gasteiger partial charge in [0.2, 0.25) is 5.78 Å². The van der Waals surface area contributed by atoms with Gasteiger partial charge in [0.25, 0.3) is 0 Å². The van der Waals surface area contributed by atoms with E-state index in [1.54, 1.807) is 7.11 Å². The summed E-state index contributed by atoms with van der Waals surface area (Å²) in [7, 11) is 1.65. The summed E-state index contributed by atoms with van der Waals surface area (Å²) in [5.74, 6) is 1.74. The van der Waals surface area contributed by atoms with Crippen molar-refractivity contribution in [2.75, 3.05) is 26.7 Å². The van der Waals surface area contributed by atoms with Gasteiger partial charge in [-0.05, 0) is 48.9 Å². The summed E-state index contributed by atoms with van der Waals surface area (Å²) in [5.41, 5.74) is 3.19. The molecule has 0 saturated carbocycles. The third kappa shape index (κ3) is 4.06. The Bertz CT molecular complexity index is 909. The van der Waals surface area contributed by atoms with Crippen molar-refractivity contribution in [3.63, 3.8) is 0 Å². The number of piperidine rings is 1. The normalized spacial score (nSPS) is 19.9. The summed E-state index contributed by atoms with van der Waals surface area (Å²) in [4.78, 5) is 17.5. The van der Waals surface area contributed by atoms with Gasteiger partial charge in [-0.2, -0.15) is 0 Å². The smallest absolute Gasteiger partial charge is 0.219 e. The van der Waals surface area contributed by atoms with Crippen LogP contribution in [0, 0.1) is 5.92 Å². The molecule has 1 fully saturated rings. The van der Waals surface area contributed by atoms with Gasteiger partial charge < -0.3 is 14.6 Å². The first-order chi connectivity index (χ1) is 13.2. The first kappa shape index (κ1) is 17.8. The van der Waals surface area contributed by atoms with Gasteiger partial charge >= 0.3 is 0 Å². The maximum atomic E-state index is 12.9. The number of carbonyl (C=O) groups is 1. The van der Waals surface area contributed by atoms with E-state index in [2.05, 4.69) is 35.3 Å². The largest absolute Gasteiger partial charge is 0.497 e. The minimum atomic E-state index is 0.214. The minimum Gasteiger partial charge on any atom is -0.497 e. The number of aromatic amines is 1. The Balaban J connectivity index is 1.36. The van der Waals surface area contributed by atoms with Crippen LogP contribution >= 0.6 is 0 Å². The van der Waals surface area contributed by atoms with Crippen LogP contribution in [0.1, 0.15) is 28.8 Å². The fourth-order valence-corrected chi connectivity index (χ4v) is 4.19. The van der Waals surface area contributed by atoms with Crippen molar-refractivity contribution < 1.29 is 14.4 Å². The average molecular weight is 363 g/mol. The van der Waals surface area contributed by atoms with Crippen molar-refractivity contribution in [2.45, 2.75) is 19.3 Å². The number of hydrogen-bond donors (Lipinski definition) is 2. The van der Waals surface area contributed by atoms with Gasteiger partial charge in [-0.25, -0.2) is 0 Å². The van der Waals surface area contributed by atoms with Gasteiger partial charge in [0.1, 0.15) is 12.3 Å². The monoisotopic (exact) mass is 363 g/mol. The van der Waals surface area contributed by atoms with Crippen LogP contribution in [0.3, 0.4) is 0 Å². The highest BCUT2D eigenvalue weighted by molar-refractivity contribution is 6.08. The van der Waals surface area contributed by atoms with E-state index in [0.29, 0.717) is 6.54 Å². The molecule has 2 heterocycles. The third-order valence-electron chi connectivity index (χ3n) is 5.78. The Morgan fingerprint density at radius 2 is 1.93 bits per heavy atom. The highest BCUT2D eigenvalue weighted by atomic mass is 16.5. The quantitative estimate of drug-likeness (QED) is 0.662. The first-order valence-corrected chi connectivity index (χ1v) is 9.79. The Morgan fingerprint density at radius 3 is 2.67 bits per heavy atom. The molecule has 0 amide bonds. The van der Waals surface area contributed by atoms with E-state index in [-0.39, 0.29) is 5.78 Å². The lowest BCUT2D eigenvalue weighted by Gasteiger charge is -2.28. The van der Waals surface area contributed by atoms with Crippen LogP contribution in [0.4, 0.5) is 0 Å². The summed E-state index contributed by atoms with van der Waals surface area (Å²) >= 11 is 0. The van der Waals surface area contributed by atoms with E-state index in [9.17, 15) is 4.79 Å². The minimum absolute atomic E-state index is 0.214. The number of benzene rings is 2. The summed E-state index contributed by atoms with van der Waals surface area (Å²) < 4.78 is 5.31. The third-order valence-corrected chi connectivity index (χ3v) is 5.78. The molecule has 4 heteroatoms. The molecule has 3 aromatic rings. The number of hydrogen-bond acceptors (Lipinski definition) is 2. The molecule has 1 saturated heterocycles. The lowest BCUT2D eigenvalue weighted by atomic mass is 9.90. The fraction of sp³-hybridized carbons (Fsp3) is 0.348. The molecule has 4 rings (SSSR count). The molecule has 1 aliphatic rings. The zero-order valence-corrected chi connectivity index (χ0v) is 15.8. The maximum Gasteiger partial charge on any atom is 0.219 e. The molecular weight excluding hydrogens is 336 g/mol. The van der Waals surface area contributed by atoms with E-state index in [4.69, 9.17) is 4.74 Å². The van der Waals surface area contributed by atoms with Crippen LogP contribution in [0.25, 0.3) is 10.9 Å². The van der Waals surface area contributed by atoms with E-state index in [1.807, 2.05) is 24.4 Å². The number of nitrogens with one attached hydrogen (secondary N) is 2. The predicted octanol–water partition coefficient (Wildman–Crippen LogP) is 2.90. The zero-order valence-electron chi connectivity index (χ0n) is 15.8. The second kappa shape index (κ2) is 7.97. The Hall–Kier alpha value is -2.59. The van der Waals surface area contributed by atoms with E-state index in [0.717, 1.165) is 47.6 Å². The molecule has 0 atom stereocenters. The van der Waals surface area contributed by atoms with Crippen molar-refractivity contribution in [3.05, 3.63) is 65.9 Å². The predicted molar refractivity (Wildman–Crippen MR) is 108 cm³/mol. The van der Waals surface area contributed by atoms with Gasteiger partial charge in [-0.1, -0.05) is 30.3 Å². The zero-order chi connectivity index (χ0) is 18.6. The number of quaternary nitrogens is 1. The van der Waals surface area contributed by atoms with Crippen molar-refractivity contribution in [2.24, 2.45) is 5.92 Å². The number of ketones is 1. The van der Waals surface area contributed by atoms with Gasteiger partial charge in [-0.15, -0.1) is 0 Å². The first-order valence-electron chi connectivity index (χ1n) is 9.79. The molecule has 0 unspecified atom stereocenters. The molecule has 1 aromatic heterocycles. The summed E-state index contributed by atoms with van der Waals surface area (Å²) in [6.45, 7) is 2.73. The van der Waals surface area contributed by atoms with Crippen LogP contribution in [0.5, 0.6) is 5.75 Å². The Labute approximate surface area is 160 Å². The maximum absolute atomic E-state index is 12.9. The van der Waals surface area contributed by atoms with Crippen molar-refractivity contribution in [3.8, 4) is 5.75 Å². The Kier molecular flexibility index (Phi) is 5.26. The lowest BCUT2D eigenvalue weighted by molar-refractivity contribution is -0.897. The van der Waals surface area contributed by atoms with Gasteiger partial charge in [0.05, 0.1) is 20.2 Å². The Morgan fingerprint density at radius 1 is 1.15 bits per heavy atom. The molecule has 1 aliphatic heterocycles. The topological polar surface area (TPSA) is 46.5 Å². The molecule has 0 spiro atoms. The average Bonchev–Trinajstić information content (AvgIpc) is 3.13. The lowest BCUT2D eigenvalue weighted by Crippen LogP contribution is -3.14. The van der Waals surface area contributed by atoms with Crippen molar-refractivity contribution >= 4 is 16.7 Å². The van der Waals surface area contributed by atoms with Crippen LogP contribution in [-0.4, -0.2) is 37.5 Å². The van der Waals surface area contributed by atoms with Gasteiger partial charge in [0, 0.05) is 22.7 Å². The van der Waals surface area contributed by atoms with Crippen molar-refractivity contribution in [1.82, 2.24) is 4.98 Å². The number of methoxy groups -OCH3 is 1. The van der Waals surface area contributed by atoms with Crippen molar-refractivity contribution in [1.29, 1.82) is 0 Å². The van der Waals surface area contributed by atoms with Crippen LogP contribution in [-0.2, 0) is 6.42 Å². The summed E-state index contributed by atoms with van der Waals surface area (Å²) in [6, 6.07) is 16.6. The van der Waals surface area contributed by atoms with Crippen LogP contribution < -0.4 is 9.64 Å². The number of fused-ring (bicyclic) bond motifs is 1. The molecular formula is C23H27N2O2+. The number of H-pyrrole nitrogens is 1. The molecule has 140 valence electrons. The SMILES string of the molecule is COc1ccc2[nH]cc(C(=O)C[NH+]3CCC(Cc4ccccc4)CC3)c2c1. The van der Waals surface area contributed by atoms with E-state index >= 15 is 0 Å². The van der Waals surface area contributed by atoms with Crippen LogP contribution in [0.15, 0.2) is 54.7 Å². The van der Waals surface area contributed by atoms with Gasteiger partial charge in [0.15, 0.2) is 0 Å². The molecule has 0 radical (unpaired) electrons. The highest BCUT2D eigenvalue weighted by Crippen LogP contribution is 2.24. The van der Waals surface area contributed by atoms with E-state index < -0.39 is 0 Å². The summed E-state index contributed by atoms with van der Waals surface area (Å²) in [6.07, 6.45) is 5.39.